The fourth-order valence-electron chi connectivity index (χ4n) is 3.46. The fraction of sp³-hybridized carbons (Fsp3) is 0.588. The number of rotatable bonds is 5. The standard InChI is InChI=1S/C17H23FN2O5S2/c18-15-4-1-14(2-5-15)3-6-17(21)19-8-10-20(11-9-19)27(24,25)16-7-12-26(22,23)13-16/h1-2,4-5,16H,3,6-13H2. The molecule has 150 valence electrons. The maximum atomic E-state index is 12.9. The number of halogens is 1. The second-order valence-corrected chi connectivity index (χ2v) is 11.4. The average Bonchev–Trinajstić information content (AvgIpc) is 3.02. The van der Waals surface area contributed by atoms with Crippen LogP contribution in [0.15, 0.2) is 24.3 Å². The van der Waals surface area contributed by atoms with Gasteiger partial charge in [-0.05, 0) is 30.5 Å². The molecule has 0 N–H and O–H groups in total. The van der Waals surface area contributed by atoms with Gasteiger partial charge in [0.05, 0.1) is 16.8 Å². The topological polar surface area (TPSA) is 91.8 Å². The summed E-state index contributed by atoms with van der Waals surface area (Å²) in [5.74, 6) is -0.789. The van der Waals surface area contributed by atoms with Crippen molar-refractivity contribution >= 4 is 25.8 Å². The Morgan fingerprint density at radius 3 is 2.30 bits per heavy atom. The van der Waals surface area contributed by atoms with Gasteiger partial charge in [0.1, 0.15) is 5.82 Å². The first-order chi connectivity index (χ1) is 12.7. The van der Waals surface area contributed by atoms with Crippen molar-refractivity contribution < 1.29 is 26.0 Å². The van der Waals surface area contributed by atoms with Gasteiger partial charge >= 0.3 is 0 Å². The number of carbonyl (C=O) groups is 1. The molecule has 0 spiro atoms. The van der Waals surface area contributed by atoms with E-state index in [4.69, 9.17) is 0 Å². The Labute approximate surface area is 159 Å². The van der Waals surface area contributed by atoms with Gasteiger partial charge in [0.15, 0.2) is 9.84 Å². The van der Waals surface area contributed by atoms with Crippen LogP contribution in [0.25, 0.3) is 0 Å². The lowest BCUT2D eigenvalue weighted by atomic mass is 10.1. The third-order valence-corrected chi connectivity index (χ3v) is 9.41. The minimum Gasteiger partial charge on any atom is -0.340 e. The monoisotopic (exact) mass is 418 g/mol. The van der Waals surface area contributed by atoms with E-state index in [0.29, 0.717) is 19.5 Å². The molecule has 27 heavy (non-hydrogen) atoms. The van der Waals surface area contributed by atoms with Gasteiger partial charge in [-0.25, -0.2) is 21.2 Å². The van der Waals surface area contributed by atoms with Crippen molar-refractivity contribution in [3.05, 3.63) is 35.6 Å². The second-order valence-electron chi connectivity index (χ2n) is 6.98. The zero-order chi connectivity index (χ0) is 19.7. The number of benzene rings is 1. The van der Waals surface area contributed by atoms with Crippen molar-refractivity contribution in [3.8, 4) is 0 Å². The molecule has 2 aliphatic heterocycles. The number of aryl methyl sites for hydroxylation is 1. The second kappa shape index (κ2) is 7.84. The average molecular weight is 419 g/mol. The fourth-order valence-corrected chi connectivity index (χ4v) is 7.97. The molecule has 2 aliphatic rings. The predicted molar refractivity (Wildman–Crippen MR) is 98.9 cm³/mol. The normalized spacial score (nSPS) is 23.4. The van der Waals surface area contributed by atoms with Crippen LogP contribution in [-0.2, 0) is 31.1 Å². The number of sulfonamides is 1. The first-order valence-electron chi connectivity index (χ1n) is 8.89. The van der Waals surface area contributed by atoms with Gasteiger partial charge in [0, 0.05) is 32.6 Å². The zero-order valence-electron chi connectivity index (χ0n) is 14.9. The number of hydrogen-bond acceptors (Lipinski definition) is 5. The molecule has 1 aromatic rings. The van der Waals surface area contributed by atoms with Gasteiger partial charge < -0.3 is 4.90 Å². The van der Waals surface area contributed by atoms with Gasteiger partial charge in [0.2, 0.25) is 15.9 Å². The largest absolute Gasteiger partial charge is 0.340 e. The minimum atomic E-state index is -3.66. The van der Waals surface area contributed by atoms with E-state index in [1.807, 2.05) is 0 Å². The van der Waals surface area contributed by atoms with Gasteiger partial charge in [-0.1, -0.05) is 12.1 Å². The molecule has 1 amide bonds. The molecule has 0 radical (unpaired) electrons. The number of sulfone groups is 1. The Morgan fingerprint density at radius 1 is 1.11 bits per heavy atom. The Hall–Kier alpha value is -1.52. The first-order valence-corrected chi connectivity index (χ1v) is 12.2. The van der Waals surface area contributed by atoms with Crippen LogP contribution in [-0.4, -0.2) is 74.9 Å². The highest BCUT2D eigenvalue weighted by atomic mass is 32.2. The van der Waals surface area contributed by atoms with E-state index >= 15 is 0 Å². The summed E-state index contributed by atoms with van der Waals surface area (Å²) >= 11 is 0. The van der Waals surface area contributed by atoms with Crippen LogP contribution in [0.3, 0.4) is 0 Å². The van der Waals surface area contributed by atoms with Crippen molar-refractivity contribution in [2.75, 3.05) is 37.7 Å². The van der Waals surface area contributed by atoms with E-state index in [1.165, 1.54) is 16.4 Å². The van der Waals surface area contributed by atoms with Crippen LogP contribution >= 0.6 is 0 Å². The quantitative estimate of drug-likeness (QED) is 0.691. The van der Waals surface area contributed by atoms with E-state index in [0.717, 1.165) is 5.56 Å². The summed E-state index contributed by atoms with van der Waals surface area (Å²) in [5.41, 5.74) is 0.869. The Bertz CT molecular complexity index is 892. The number of piperazine rings is 1. The summed E-state index contributed by atoms with van der Waals surface area (Å²) in [6.45, 7) is 0.949. The SMILES string of the molecule is O=C(CCc1ccc(F)cc1)N1CCN(S(=O)(=O)C2CCS(=O)(=O)C2)CC1. The van der Waals surface area contributed by atoms with Crippen LogP contribution < -0.4 is 0 Å². The number of nitrogens with zero attached hydrogens (tertiary/aromatic N) is 2. The van der Waals surface area contributed by atoms with E-state index < -0.39 is 25.1 Å². The summed E-state index contributed by atoms with van der Waals surface area (Å²) in [6.07, 6.45) is 0.915. The molecule has 10 heteroatoms. The highest BCUT2D eigenvalue weighted by Crippen LogP contribution is 2.23. The van der Waals surface area contributed by atoms with Crippen LogP contribution in [0, 0.1) is 5.82 Å². The molecule has 1 unspecified atom stereocenters. The van der Waals surface area contributed by atoms with Crippen molar-refractivity contribution in [2.24, 2.45) is 0 Å². The lowest BCUT2D eigenvalue weighted by Crippen LogP contribution is -2.52. The van der Waals surface area contributed by atoms with Crippen molar-refractivity contribution in [1.29, 1.82) is 0 Å². The Morgan fingerprint density at radius 2 is 1.74 bits per heavy atom. The maximum Gasteiger partial charge on any atom is 0.222 e. The molecule has 1 aromatic carbocycles. The molecular formula is C17H23FN2O5S2. The molecule has 0 saturated carbocycles. The van der Waals surface area contributed by atoms with Crippen molar-refractivity contribution in [3.63, 3.8) is 0 Å². The van der Waals surface area contributed by atoms with E-state index in [-0.39, 0.29) is 49.2 Å². The van der Waals surface area contributed by atoms with Crippen LogP contribution in [0.1, 0.15) is 18.4 Å². The predicted octanol–water partition coefficient (Wildman–Crippen LogP) is 0.419. The van der Waals surface area contributed by atoms with E-state index in [9.17, 15) is 26.0 Å². The summed E-state index contributed by atoms with van der Waals surface area (Å²) in [7, 11) is -6.93. The van der Waals surface area contributed by atoms with Gasteiger partial charge in [-0.15, -0.1) is 0 Å². The highest BCUT2D eigenvalue weighted by molar-refractivity contribution is 7.95. The number of amides is 1. The van der Waals surface area contributed by atoms with Crippen molar-refractivity contribution in [1.82, 2.24) is 9.21 Å². The molecule has 1 atom stereocenters. The van der Waals surface area contributed by atoms with Crippen molar-refractivity contribution in [2.45, 2.75) is 24.5 Å². The maximum absolute atomic E-state index is 12.9. The summed E-state index contributed by atoms with van der Waals surface area (Å²) in [5, 5.41) is -0.872. The Balaban J connectivity index is 1.50. The van der Waals surface area contributed by atoms with Gasteiger partial charge in [-0.3, -0.25) is 4.79 Å². The highest BCUT2D eigenvalue weighted by Gasteiger charge is 2.41. The van der Waals surface area contributed by atoms with Crippen LogP contribution in [0.4, 0.5) is 4.39 Å². The summed E-state index contributed by atoms with van der Waals surface area (Å²) < 4.78 is 62.6. The molecule has 2 saturated heterocycles. The van der Waals surface area contributed by atoms with Crippen LogP contribution in [0.2, 0.25) is 0 Å². The molecule has 0 aromatic heterocycles. The summed E-state index contributed by atoms with van der Waals surface area (Å²) in [6, 6.07) is 5.99. The number of hydrogen-bond donors (Lipinski definition) is 0. The van der Waals surface area contributed by atoms with E-state index in [2.05, 4.69) is 0 Å². The van der Waals surface area contributed by atoms with Crippen LogP contribution in [0.5, 0.6) is 0 Å². The number of carbonyl (C=O) groups excluding carboxylic acids is 1. The molecule has 2 fully saturated rings. The lowest BCUT2D eigenvalue weighted by Gasteiger charge is -2.35. The molecule has 7 nitrogen and oxygen atoms in total. The van der Waals surface area contributed by atoms with Gasteiger partial charge in [-0.2, -0.15) is 4.31 Å². The lowest BCUT2D eigenvalue weighted by molar-refractivity contribution is -0.132. The zero-order valence-corrected chi connectivity index (χ0v) is 16.5. The first kappa shape index (κ1) is 20.2. The molecular weight excluding hydrogens is 395 g/mol. The smallest absolute Gasteiger partial charge is 0.222 e. The third kappa shape index (κ3) is 4.85. The molecule has 2 heterocycles. The Kier molecular flexibility index (Phi) is 5.87. The van der Waals surface area contributed by atoms with E-state index in [1.54, 1.807) is 17.0 Å². The molecule has 0 aliphatic carbocycles. The van der Waals surface area contributed by atoms with Gasteiger partial charge in [0.25, 0.3) is 0 Å². The third-order valence-electron chi connectivity index (χ3n) is 5.10. The molecule has 0 bridgehead atoms. The summed E-state index contributed by atoms with van der Waals surface area (Å²) in [4.78, 5) is 14.0. The minimum absolute atomic E-state index is 0.0696. The molecule has 3 rings (SSSR count).